The van der Waals surface area contributed by atoms with Crippen LogP contribution in [0, 0.1) is 10.1 Å². The number of nitro benzene ring substituents is 1. The highest BCUT2D eigenvalue weighted by molar-refractivity contribution is 5.86. The first kappa shape index (κ1) is 27.1. The second-order valence-corrected chi connectivity index (χ2v) is 8.61. The van der Waals surface area contributed by atoms with Gasteiger partial charge in [0.25, 0.3) is 5.56 Å². The molecule has 0 amide bonds. The Balaban J connectivity index is 1.62. The number of carbonyl (C=O) groups is 1. The van der Waals surface area contributed by atoms with Gasteiger partial charge in [-0.1, -0.05) is 30.3 Å². The number of para-hydroxylation sites is 2. The van der Waals surface area contributed by atoms with Gasteiger partial charge in [-0.15, -0.1) is 0 Å². The van der Waals surface area contributed by atoms with Gasteiger partial charge in [-0.3, -0.25) is 14.9 Å². The first-order valence-corrected chi connectivity index (χ1v) is 12.7. The molecule has 2 aromatic heterocycles. The van der Waals surface area contributed by atoms with E-state index >= 15 is 0 Å². The molecular weight excluding hydrogens is 532 g/mol. The number of aromatic nitrogens is 2. The van der Waals surface area contributed by atoms with E-state index in [4.69, 9.17) is 18.6 Å². The maximum Gasteiger partial charge on any atom is 0.344 e. The van der Waals surface area contributed by atoms with Crippen LogP contribution in [0.5, 0.6) is 11.5 Å². The van der Waals surface area contributed by atoms with Gasteiger partial charge in [-0.05, 0) is 44.2 Å². The van der Waals surface area contributed by atoms with E-state index in [9.17, 15) is 19.7 Å². The summed E-state index contributed by atoms with van der Waals surface area (Å²) in [6.07, 6.45) is 1.27. The lowest BCUT2D eigenvalue weighted by atomic mass is 10.2. The van der Waals surface area contributed by atoms with Crippen molar-refractivity contribution in [2.45, 2.75) is 13.8 Å². The van der Waals surface area contributed by atoms with Gasteiger partial charge in [0.15, 0.2) is 18.1 Å². The van der Waals surface area contributed by atoms with E-state index in [0.717, 1.165) is 10.1 Å². The van der Waals surface area contributed by atoms with E-state index in [-0.39, 0.29) is 36.1 Å². The summed E-state index contributed by atoms with van der Waals surface area (Å²) in [5.41, 5.74) is 0.381. The molecule has 12 heteroatoms. The quantitative estimate of drug-likeness (QED) is 0.101. The molecule has 0 aliphatic rings. The summed E-state index contributed by atoms with van der Waals surface area (Å²) >= 11 is 0. The summed E-state index contributed by atoms with van der Waals surface area (Å²) < 4.78 is 22.9. The molecule has 0 unspecified atom stereocenters. The van der Waals surface area contributed by atoms with Crippen molar-refractivity contribution in [1.82, 2.24) is 9.66 Å². The third-order valence-corrected chi connectivity index (χ3v) is 5.92. The van der Waals surface area contributed by atoms with Crippen molar-refractivity contribution >= 4 is 39.7 Å². The van der Waals surface area contributed by atoms with Crippen molar-refractivity contribution in [3.8, 4) is 23.1 Å². The molecule has 12 nitrogen and oxygen atoms in total. The molecule has 0 aliphatic heterocycles. The van der Waals surface area contributed by atoms with Gasteiger partial charge in [0.1, 0.15) is 5.58 Å². The average molecular weight is 557 g/mol. The summed E-state index contributed by atoms with van der Waals surface area (Å²) in [7, 11) is 0. The Hall–Kier alpha value is -5.52. The molecule has 5 aromatic rings. The fourth-order valence-electron chi connectivity index (χ4n) is 4.17. The van der Waals surface area contributed by atoms with Crippen LogP contribution in [0.4, 0.5) is 5.69 Å². The molecule has 0 saturated carbocycles. The van der Waals surface area contributed by atoms with Crippen LogP contribution >= 0.6 is 0 Å². The molecule has 41 heavy (non-hydrogen) atoms. The molecule has 0 N–H and O–H groups in total. The topological polar surface area (TPSA) is 148 Å². The first-order chi connectivity index (χ1) is 19.9. The van der Waals surface area contributed by atoms with Gasteiger partial charge in [-0.2, -0.15) is 9.78 Å². The van der Waals surface area contributed by atoms with E-state index in [0.29, 0.717) is 22.2 Å². The van der Waals surface area contributed by atoms with E-state index in [2.05, 4.69) is 10.1 Å². The van der Waals surface area contributed by atoms with Crippen molar-refractivity contribution < 1.29 is 28.3 Å². The number of nitrogens with zero attached hydrogens (tertiary/aromatic N) is 4. The third kappa shape index (κ3) is 5.62. The zero-order valence-corrected chi connectivity index (χ0v) is 22.1. The largest absolute Gasteiger partial charge is 0.490 e. The van der Waals surface area contributed by atoms with Crippen molar-refractivity contribution in [3.63, 3.8) is 0 Å². The lowest BCUT2D eigenvalue weighted by Gasteiger charge is -2.13. The highest BCUT2D eigenvalue weighted by atomic mass is 16.6. The van der Waals surface area contributed by atoms with E-state index < -0.39 is 28.7 Å². The molecule has 0 bridgehead atoms. The Bertz CT molecular complexity index is 1820. The third-order valence-electron chi connectivity index (χ3n) is 5.92. The molecule has 0 saturated heterocycles. The molecule has 5 rings (SSSR count). The maximum atomic E-state index is 13.5. The first-order valence-electron chi connectivity index (χ1n) is 12.7. The van der Waals surface area contributed by atoms with Crippen LogP contribution in [0.25, 0.3) is 33.5 Å². The Morgan fingerprint density at radius 1 is 1.07 bits per heavy atom. The maximum absolute atomic E-state index is 13.5. The second kappa shape index (κ2) is 11.7. The minimum absolute atomic E-state index is 0.0222. The number of hydrogen-bond donors (Lipinski definition) is 0. The zero-order chi connectivity index (χ0) is 28.9. The molecule has 0 radical (unpaired) electrons. The fourth-order valence-corrected chi connectivity index (χ4v) is 4.17. The molecule has 2 heterocycles. The highest BCUT2D eigenvalue weighted by Gasteiger charge is 2.24. The number of fused-ring (bicyclic) bond motifs is 2. The number of furan rings is 1. The fraction of sp³-hybridized carbons (Fsp3) is 0.172. The van der Waals surface area contributed by atoms with Crippen LogP contribution in [-0.4, -0.2) is 46.6 Å². The molecular formula is C29H24N4O8. The molecule has 0 aliphatic carbocycles. The molecule has 0 spiro atoms. The highest BCUT2D eigenvalue weighted by Crippen LogP contribution is 2.38. The van der Waals surface area contributed by atoms with Crippen LogP contribution in [0.2, 0.25) is 0 Å². The van der Waals surface area contributed by atoms with E-state index in [1.54, 1.807) is 50.2 Å². The Morgan fingerprint density at radius 3 is 2.61 bits per heavy atom. The van der Waals surface area contributed by atoms with Gasteiger partial charge >= 0.3 is 11.7 Å². The Kier molecular flexibility index (Phi) is 7.72. The van der Waals surface area contributed by atoms with Crippen molar-refractivity contribution in [2.24, 2.45) is 5.10 Å². The van der Waals surface area contributed by atoms with E-state index in [1.807, 2.05) is 18.2 Å². The minimum Gasteiger partial charge on any atom is -0.490 e. The summed E-state index contributed by atoms with van der Waals surface area (Å²) in [5, 5.41) is 17.4. The number of ether oxygens (including phenoxy) is 3. The number of rotatable bonds is 10. The van der Waals surface area contributed by atoms with Crippen LogP contribution in [0.3, 0.4) is 0 Å². The predicted octanol–water partition coefficient (Wildman–Crippen LogP) is 4.94. The summed E-state index contributed by atoms with van der Waals surface area (Å²) in [6, 6.07) is 18.6. The summed E-state index contributed by atoms with van der Waals surface area (Å²) in [6.45, 7) is 3.09. The smallest absolute Gasteiger partial charge is 0.344 e. The number of carbonyl (C=O) groups excluding carboxylic acids is 1. The molecule has 3 aromatic carbocycles. The van der Waals surface area contributed by atoms with Gasteiger partial charge in [0.2, 0.25) is 11.6 Å². The lowest BCUT2D eigenvalue weighted by Crippen LogP contribution is -2.20. The zero-order valence-electron chi connectivity index (χ0n) is 22.1. The van der Waals surface area contributed by atoms with Gasteiger partial charge in [-0.25, -0.2) is 9.78 Å². The van der Waals surface area contributed by atoms with Crippen molar-refractivity contribution in [1.29, 1.82) is 0 Å². The van der Waals surface area contributed by atoms with Crippen LogP contribution in [-0.2, 0) is 9.53 Å². The van der Waals surface area contributed by atoms with Crippen molar-refractivity contribution in [3.05, 3.63) is 92.8 Å². The number of benzene rings is 3. The van der Waals surface area contributed by atoms with Crippen LogP contribution in [0.15, 0.2) is 81.0 Å². The number of esters is 1. The van der Waals surface area contributed by atoms with Gasteiger partial charge in [0, 0.05) is 17.0 Å². The Morgan fingerprint density at radius 2 is 1.85 bits per heavy atom. The van der Waals surface area contributed by atoms with Gasteiger partial charge in [0.05, 0.1) is 35.3 Å². The Labute approximate surface area is 232 Å². The number of nitro groups is 1. The van der Waals surface area contributed by atoms with E-state index in [1.165, 1.54) is 18.3 Å². The standard InChI is InChI=1S/C29H24N4O8/c1-3-38-24-14-18(13-22(33(36)37)27(24)40-17-26(34)39-4-2)16-30-32-28(25-15-19-9-5-8-12-23(19)41-25)31-21-11-7-6-10-20(21)29(32)35/h5-16H,3-4,17H2,1-2H3. The molecule has 0 fully saturated rings. The molecule has 0 atom stereocenters. The average Bonchev–Trinajstić information content (AvgIpc) is 3.40. The van der Waals surface area contributed by atoms with Crippen LogP contribution in [0.1, 0.15) is 19.4 Å². The number of hydrogen-bond acceptors (Lipinski definition) is 10. The summed E-state index contributed by atoms with van der Waals surface area (Å²) in [4.78, 5) is 41.2. The monoisotopic (exact) mass is 556 g/mol. The summed E-state index contributed by atoms with van der Waals surface area (Å²) in [5.74, 6) is -0.426. The predicted molar refractivity (Wildman–Crippen MR) is 151 cm³/mol. The van der Waals surface area contributed by atoms with Crippen LogP contribution < -0.4 is 15.0 Å². The van der Waals surface area contributed by atoms with Gasteiger partial charge < -0.3 is 18.6 Å². The lowest BCUT2D eigenvalue weighted by molar-refractivity contribution is -0.385. The second-order valence-electron chi connectivity index (χ2n) is 8.61. The molecule has 208 valence electrons. The minimum atomic E-state index is -0.684. The SMILES string of the molecule is CCOC(=O)COc1c(OCC)cc(C=Nn2c(-c3cc4ccccc4o3)nc3ccccc3c2=O)cc1[N+](=O)[O-]. The van der Waals surface area contributed by atoms with Crippen molar-refractivity contribution in [2.75, 3.05) is 19.8 Å². The normalized spacial score (nSPS) is 11.3.